The van der Waals surface area contributed by atoms with Crippen LogP contribution in [0.4, 0.5) is 5.95 Å². The van der Waals surface area contributed by atoms with Gasteiger partial charge in [-0.25, -0.2) is 9.98 Å². The largest absolute Gasteiger partial charge is 0.507 e. The van der Waals surface area contributed by atoms with Gasteiger partial charge in [-0.2, -0.15) is 0 Å². The number of benzene rings is 3. The van der Waals surface area contributed by atoms with Crippen LogP contribution in [0.25, 0.3) is 21.8 Å². The predicted octanol–water partition coefficient (Wildman–Crippen LogP) is 10.1. The number of imidazole rings is 1. The number of hydrogen-bond acceptors (Lipinski definition) is 3. The number of aliphatic imine (C=N–C) groups is 1. The van der Waals surface area contributed by atoms with Gasteiger partial charge in [0.2, 0.25) is 5.95 Å². The number of phenolic OH excluding ortho intramolecular Hbond substituents is 1. The van der Waals surface area contributed by atoms with Gasteiger partial charge in [0.15, 0.2) is 0 Å². The number of unbranched alkanes of at least 4 members (excludes halogenated alkanes) is 13. The van der Waals surface area contributed by atoms with Crippen molar-refractivity contribution >= 4 is 34.0 Å². The van der Waals surface area contributed by atoms with Gasteiger partial charge in [0.05, 0.1) is 11.0 Å². The van der Waals surface area contributed by atoms with Gasteiger partial charge in [-0.05, 0) is 35.4 Å². The van der Waals surface area contributed by atoms with Gasteiger partial charge in [-0.1, -0.05) is 133 Å². The van der Waals surface area contributed by atoms with E-state index in [1.807, 2.05) is 36.4 Å². The molecule has 4 aromatic rings. The average molecular weight is 512 g/mol. The maximum atomic E-state index is 10.5. The molecule has 202 valence electrons. The Morgan fingerprint density at radius 1 is 0.711 bits per heavy atom. The van der Waals surface area contributed by atoms with E-state index >= 15 is 0 Å². The number of nitrogens with zero attached hydrogens (tertiary/aromatic N) is 3. The first-order chi connectivity index (χ1) is 18.8. The lowest BCUT2D eigenvalue weighted by Crippen LogP contribution is -1.98. The lowest BCUT2D eigenvalue weighted by molar-refractivity contribution is 0.475. The summed E-state index contributed by atoms with van der Waals surface area (Å²) in [4.78, 5) is 9.58. The van der Waals surface area contributed by atoms with E-state index in [4.69, 9.17) is 9.98 Å². The highest BCUT2D eigenvalue weighted by atomic mass is 16.3. The molecule has 0 aliphatic heterocycles. The SMILES string of the molecule is CCCCCCCCCCCCCCCCn1c(/N=C/c2c(O)ccc3ccccc23)nc2ccccc21. The van der Waals surface area contributed by atoms with Crippen LogP contribution in [-0.4, -0.2) is 20.9 Å². The summed E-state index contributed by atoms with van der Waals surface area (Å²) in [5.41, 5.74) is 2.82. The van der Waals surface area contributed by atoms with Crippen LogP contribution in [0.5, 0.6) is 5.75 Å². The zero-order valence-electron chi connectivity index (χ0n) is 23.2. The first kappa shape index (κ1) is 27.9. The second kappa shape index (κ2) is 15.3. The van der Waals surface area contributed by atoms with Crippen molar-refractivity contribution in [3.63, 3.8) is 0 Å². The van der Waals surface area contributed by atoms with Gasteiger partial charge in [-0.15, -0.1) is 0 Å². The number of aryl methyl sites for hydroxylation is 1. The molecule has 1 aromatic heterocycles. The molecule has 38 heavy (non-hydrogen) atoms. The van der Waals surface area contributed by atoms with Gasteiger partial charge >= 0.3 is 0 Å². The van der Waals surface area contributed by atoms with Crippen LogP contribution in [0.1, 0.15) is 102 Å². The maximum Gasteiger partial charge on any atom is 0.230 e. The Labute approximate surface area is 228 Å². The van der Waals surface area contributed by atoms with E-state index in [1.54, 1.807) is 12.3 Å². The van der Waals surface area contributed by atoms with Crippen molar-refractivity contribution < 1.29 is 5.11 Å². The van der Waals surface area contributed by atoms with Crippen molar-refractivity contribution in [1.29, 1.82) is 0 Å². The number of aromatic hydroxyl groups is 1. The third kappa shape index (κ3) is 7.93. The summed E-state index contributed by atoms with van der Waals surface area (Å²) in [5, 5.41) is 12.6. The second-order valence-corrected chi connectivity index (χ2v) is 10.6. The molecule has 1 N–H and O–H groups in total. The van der Waals surface area contributed by atoms with Crippen LogP contribution >= 0.6 is 0 Å². The van der Waals surface area contributed by atoms with Crippen molar-refractivity contribution in [3.05, 3.63) is 66.2 Å². The number of rotatable bonds is 17. The van der Waals surface area contributed by atoms with Crippen molar-refractivity contribution in [2.24, 2.45) is 4.99 Å². The minimum Gasteiger partial charge on any atom is -0.507 e. The van der Waals surface area contributed by atoms with Crippen LogP contribution in [0.2, 0.25) is 0 Å². The average Bonchev–Trinajstić information content (AvgIpc) is 3.30. The molecule has 0 saturated carbocycles. The Balaban J connectivity index is 1.26. The minimum absolute atomic E-state index is 0.238. The summed E-state index contributed by atoms with van der Waals surface area (Å²) in [7, 11) is 0. The molecule has 0 radical (unpaired) electrons. The van der Waals surface area contributed by atoms with E-state index in [2.05, 4.69) is 29.7 Å². The van der Waals surface area contributed by atoms with Gasteiger partial charge in [0.25, 0.3) is 0 Å². The van der Waals surface area contributed by atoms with Crippen molar-refractivity contribution in [3.8, 4) is 5.75 Å². The molecule has 0 atom stereocenters. The third-order valence-electron chi connectivity index (χ3n) is 7.63. The Morgan fingerprint density at radius 3 is 2.03 bits per heavy atom. The van der Waals surface area contributed by atoms with E-state index in [9.17, 15) is 5.11 Å². The van der Waals surface area contributed by atoms with E-state index in [0.29, 0.717) is 5.95 Å². The zero-order chi connectivity index (χ0) is 26.4. The molecule has 4 heteroatoms. The summed E-state index contributed by atoms with van der Waals surface area (Å²) in [6, 6.07) is 20.0. The highest BCUT2D eigenvalue weighted by Crippen LogP contribution is 2.27. The minimum atomic E-state index is 0.238. The van der Waals surface area contributed by atoms with Gasteiger partial charge < -0.3 is 9.67 Å². The first-order valence-electron chi connectivity index (χ1n) is 15.0. The number of aromatic nitrogens is 2. The fourth-order valence-corrected chi connectivity index (χ4v) is 5.39. The molecule has 4 rings (SSSR count). The lowest BCUT2D eigenvalue weighted by atomic mass is 10.0. The molecular weight excluding hydrogens is 466 g/mol. The molecule has 0 bridgehead atoms. The third-order valence-corrected chi connectivity index (χ3v) is 7.63. The molecule has 0 unspecified atom stereocenters. The van der Waals surface area contributed by atoms with Gasteiger partial charge in [0, 0.05) is 18.3 Å². The highest BCUT2D eigenvalue weighted by Gasteiger charge is 2.10. The Bertz CT molecular complexity index is 1290. The zero-order valence-corrected chi connectivity index (χ0v) is 23.2. The smallest absolute Gasteiger partial charge is 0.230 e. The summed E-state index contributed by atoms with van der Waals surface area (Å²) in [6.07, 6.45) is 20.8. The van der Waals surface area contributed by atoms with Crippen LogP contribution < -0.4 is 0 Å². The van der Waals surface area contributed by atoms with Crippen LogP contribution in [0.3, 0.4) is 0 Å². The Morgan fingerprint density at radius 2 is 1.32 bits per heavy atom. The van der Waals surface area contributed by atoms with Gasteiger partial charge in [0.1, 0.15) is 5.75 Å². The maximum absolute atomic E-state index is 10.5. The topological polar surface area (TPSA) is 50.4 Å². The van der Waals surface area contributed by atoms with Crippen molar-refractivity contribution in [2.75, 3.05) is 0 Å². The fraction of sp³-hybridized carbons (Fsp3) is 0.471. The van der Waals surface area contributed by atoms with Crippen molar-refractivity contribution in [2.45, 2.75) is 103 Å². The molecule has 0 aliphatic rings. The quantitative estimate of drug-likeness (QED) is 0.113. The summed E-state index contributed by atoms with van der Waals surface area (Å²) in [5.74, 6) is 0.940. The predicted molar refractivity (Wildman–Crippen MR) is 163 cm³/mol. The van der Waals surface area contributed by atoms with Crippen LogP contribution in [-0.2, 0) is 6.54 Å². The fourth-order valence-electron chi connectivity index (χ4n) is 5.39. The molecule has 3 aromatic carbocycles. The second-order valence-electron chi connectivity index (χ2n) is 10.6. The molecule has 0 amide bonds. The number of phenols is 1. The molecule has 0 fully saturated rings. The summed E-state index contributed by atoms with van der Waals surface area (Å²) in [6.45, 7) is 3.19. The standard InChI is InChI=1S/C34H45N3O/c1-2-3-4-5-6-7-8-9-10-11-12-13-14-19-26-37-32-23-18-17-22-31(32)36-34(37)35-27-30-29-21-16-15-20-28(29)24-25-33(30)38/h15-18,20-25,27,38H,2-14,19,26H2,1H3/b35-27+. The van der Waals surface area contributed by atoms with Crippen LogP contribution in [0.15, 0.2) is 65.7 Å². The van der Waals surface area contributed by atoms with Crippen LogP contribution in [0, 0.1) is 0 Å². The van der Waals surface area contributed by atoms with E-state index in [1.165, 1.54) is 83.5 Å². The molecule has 0 aliphatic carbocycles. The van der Waals surface area contributed by atoms with E-state index in [0.717, 1.165) is 40.3 Å². The summed E-state index contributed by atoms with van der Waals surface area (Å²) >= 11 is 0. The molecule has 1 heterocycles. The Kier molecular flexibility index (Phi) is 11.2. The summed E-state index contributed by atoms with van der Waals surface area (Å²) < 4.78 is 2.23. The number of para-hydroxylation sites is 2. The normalized spacial score (nSPS) is 11.8. The van der Waals surface area contributed by atoms with Crippen molar-refractivity contribution in [1.82, 2.24) is 9.55 Å². The first-order valence-corrected chi connectivity index (χ1v) is 15.0. The molecule has 0 saturated heterocycles. The monoisotopic (exact) mass is 511 g/mol. The van der Waals surface area contributed by atoms with Gasteiger partial charge in [-0.3, -0.25) is 0 Å². The molecule has 0 spiro atoms. The molecule has 4 nitrogen and oxygen atoms in total. The molecular formula is C34H45N3O. The lowest BCUT2D eigenvalue weighted by Gasteiger charge is -2.08. The number of hydrogen-bond donors (Lipinski definition) is 1. The highest BCUT2D eigenvalue weighted by molar-refractivity contribution is 6.03. The number of fused-ring (bicyclic) bond motifs is 2. The van der Waals surface area contributed by atoms with E-state index < -0.39 is 0 Å². The van der Waals surface area contributed by atoms with E-state index in [-0.39, 0.29) is 5.75 Å². The Hall–Kier alpha value is -3.14.